The van der Waals surface area contributed by atoms with Crippen molar-refractivity contribution in [2.45, 2.75) is 32.6 Å². The summed E-state index contributed by atoms with van der Waals surface area (Å²) in [6.07, 6.45) is 0.349. The molecule has 2 aromatic rings. The number of ether oxygens (including phenoxy) is 1. The minimum Gasteiger partial charge on any atom is -0.508 e. The zero-order valence-corrected chi connectivity index (χ0v) is 12.2. The summed E-state index contributed by atoms with van der Waals surface area (Å²) >= 11 is 0. The fraction of sp³-hybridized carbons (Fsp3) is 0.438. The molecular weight excluding hydrogens is 270 g/mol. The maximum atomic E-state index is 11.7. The van der Waals surface area contributed by atoms with Gasteiger partial charge in [-0.2, -0.15) is 0 Å². The molecule has 2 heterocycles. The van der Waals surface area contributed by atoms with E-state index in [2.05, 4.69) is 4.90 Å². The Morgan fingerprint density at radius 3 is 2.67 bits per heavy atom. The Morgan fingerprint density at radius 2 is 1.95 bits per heavy atom. The van der Waals surface area contributed by atoms with Crippen molar-refractivity contribution >= 4 is 11.0 Å². The minimum atomic E-state index is -0.363. The molecule has 1 aliphatic heterocycles. The van der Waals surface area contributed by atoms with Gasteiger partial charge < -0.3 is 14.3 Å². The van der Waals surface area contributed by atoms with E-state index in [0.717, 1.165) is 24.0 Å². The molecule has 1 aromatic heterocycles. The second kappa shape index (κ2) is 5.50. The first-order chi connectivity index (χ1) is 10.0. The summed E-state index contributed by atoms with van der Waals surface area (Å²) in [6, 6.07) is 6.29. The van der Waals surface area contributed by atoms with E-state index in [0.29, 0.717) is 12.1 Å². The molecular formula is C16H19NO4. The first-order valence-electron chi connectivity index (χ1n) is 7.15. The van der Waals surface area contributed by atoms with Gasteiger partial charge in [0, 0.05) is 31.1 Å². The number of phenols is 1. The molecule has 0 unspecified atom stereocenters. The van der Waals surface area contributed by atoms with Crippen LogP contribution >= 0.6 is 0 Å². The molecule has 0 bridgehead atoms. The molecule has 1 N–H and O–H groups in total. The van der Waals surface area contributed by atoms with Crippen LogP contribution in [-0.4, -0.2) is 35.3 Å². The van der Waals surface area contributed by atoms with Crippen LogP contribution in [0, 0.1) is 0 Å². The smallest absolute Gasteiger partial charge is 0.336 e. The molecule has 1 aliphatic rings. The molecule has 2 atom stereocenters. The fourth-order valence-corrected chi connectivity index (χ4v) is 3.00. The number of phenolic OH excluding ortho intramolecular Hbond substituents is 1. The zero-order chi connectivity index (χ0) is 15.0. The van der Waals surface area contributed by atoms with Crippen LogP contribution in [0.5, 0.6) is 5.75 Å². The van der Waals surface area contributed by atoms with Crippen LogP contribution < -0.4 is 5.63 Å². The van der Waals surface area contributed by atoms with Gasteiger partial charge in [-0.15, -0.1) is 0 Å². The van der Waals surface area contributed by atoms with Crippen LogP contribution in [0.15, 0.2) is 33.5 Å². The van der Waals surface area contributed by atoms with Crippen molar-refractivity contribution in [3.63, 3.8) is 0 Å². The van der Waals surface area contributed by atoms with Crippen molar-refractivity contribution in [1.29, 1.82) is 0 Å². The van der Waals surface area contributed by atoms with Crippen molar-refractivity contribution in [2.75, 3.05) is 13.1 Å². The number of rotatable bonds is 2. The molecule has 1 saturated heterocycles. The summed E-state index contributed by atoms with van der Waals surface area (Å²) in [5.74, 6) is 0.168. The molecule has 112 valence electrons. The maximum Gasteiger partial charge on any atom is 0.336 e. The quantitative estimate of drug-likeness (QED) is 0.858. The van der Waals surface area contributed by atoms with E-state index in [4.69, 9.17) is 9.15 Å². The highest BCUT2D eigenvalue weighted by Crippen LogP contribution is 2.24. The number of hydrogen-bond acceptors (Lipinski definition) is 5. The Labute approximate surface area is 122 Å². The number of benzene rings is 1. The van der Waals surface area contributed by atoms with Gasteiger partial charge in [0.05, 0.1) is 12.2 Å². The van der Waals surface area contributed by atoms with Crippen molar-refractivity contribution in [3.8, 4) is 5.75 Å². The van der Waals surface area contributed by atoms with Gasteiger partial charge in [-0.1, -0.05) is 0 Å². The third-order valence-electron chi connectivity index (χ3n) is 3.70. The lowest BCUT2D eigenvalue weighted by Crippen LogP contribution is -2.44. The van der Waals surface area contributed by atoms with Crippen LogP contribution in [0.2, 0.25) is 0 Å². The Hall–Kier alpha value is -1.85. The molecule has 1 aromatic carbocycles. The van der Waals surface area contributed by atoms with E-state index in [9.17, 15) is 9.90 Å². The highest BCUT2D eigenvalue weighted by Gasteiger charge is 2.23. The first-order valence-corrected chi connectivity index (χ1v) is 7.15. The van der Waals surface area contributed by atoms with E-state index in [1.807, 2.05) is 13.8 Å². The minimum absolute atomic E-state index is 0.168. The van der Waals surface area contributed by atoms with Gasteiger partial charge >= 0.3 is 5.63 Å². The standard InChI is InChI=1S/C16H19NO4/c1-10-7-17(8-11(2)20-10)9-12-5-16(19)21-15-4-3-13(18)6-14(12)15/h3-6,10-11,18H,7-9H2,1-2H3/t10-,11-/m1/s1. The summed E-state index contributed by atoms with van der Waals surface area (Å²) in [7, 11) is 0. The van der Waals surface area contributed by atoms with E-state index in [1.165, 1.54) is 12.1 Å². The predicted octanol–water partition coefficient (Wildman–Crippen LogP) is 2.11. The van der Waals surface area contributed by atoms with Gasteiger partial charge in [0.1, 0.15) is 11.3 Å². The molecule has 5 nitrogen and oxygen atoms in total. The third kappa shape index (κ3) is 3.09. The highest BCUT2D eigenvalue weighted by molar-refractivity contribution is 5.81. The topological polar surface area (TPSA) is 62.9 Å². The zero-order valence-electron chi connectivity index (χ0n) is 12.2. The van der Waals surface area contributed by atoms with Gasteiger partial charge in [0.15, 0.2) is 0 Å². The summed E-state index contributed by atoms with van der Waals surface area (Å²) in [6.45, 7) is 6.39. The number of aromatic hydroxyl groups is 1. The molecule has 3 rings (SSSR count). The number of fused-ring (bicyclic) bond motifs is 1. The van der Waals surface area contributed by atoms with Crippen LogP contribution in [0.4, 0.5) is 0 Å². The largest absolute Gasteiger partial charge is 0.508 e. The molecule has 0 saturated carbocycles. The average molecular weight is 289 g/mol. The van der Waals surface area contributed by atoms with Gasteiger partial charge in [-0.3, -0.25) is 4.90 Å². The molecule has 1 fully saturated rings. The van der Waals surface area contributed by atoms with Crippen molar-refractivity contribution in [2.24, 2.45) is 0 Å². The van der Waals surface area contributed by atoms with Crippen LogP contribution in [-0.2, 0) is 11.3 Å². The Bertz CT molecular complexity index is 699. The Morgan fingerprint density at radius 1 is 1.24 bits per heavy atom. The number of morpholine rings is 1. The Kier molecular flexibility index (Phi) is 3.69. The lowest BCUT2D eigenvalue weighted by molar-refractivity contribution is -0.0704. The summed E-state index contributed by atoms with van der Waals surface area (Å²) < 4.78 is 10.9. The summed E-state index contributed by atoms with van der Waals surface area (Å²) in [4.78, 5) is 13.9. The van der Waals surface area contributed by atoms with E-state index >= 15 is 0 Å². The monoisotopic (exact) mass is 289 g/mol. The molecule has 0 radical (unpaired) electrons. The van der Waals surface area contributed by atoms with E-state index in [-0.39, 0.29) is 23.6 Å². The Balaban J connectivity index is 1.96. The van der Waals surface area contributed by atoms with Gasteiger partial charge in [-0.05, 0) is 37.6 Å². The van der Waals surface area contributed by atoms with Crippen LogP contribution in [0.1, 0.15) is 19.4 Å². The van der Waals surface area contributed by atoms with E-state index < -0.39 is 0 Å². The number of nitrogens with zero attached hydrogens (tertiary/aromatic N) is 1. The van der Waals surface area contributed by atoms with Gasteiger partial charge in [0.25, 0.3) is 0 Å². The average Bonchev–Trinajstić information content (AvgIpc) is 2.38. The molecule has 0 spiro atoms. The second-order valence-corrected chi connectivity index (χ2v) is 5.72. The SMILES string of the molecule is C[C@@H]1CN(Cc2cc(=O)oc3ccc(O)cc23)C[C@@H](C)O1. The van der Waals surface area contributed by atoms with Gasteiger partial charge in [-0.25, -0.2) is 4.79 Å². The lowest BCUT2D eigenvalue weighted by atomic mass is 10.1. The normalized spacial score (nSPS) is 23.5. The van der Waals surface area contributed by atoms with Crippen molar-refractivity contribution in [1.82, 2.24) is 4.90 Å². The third-order valence-corrected chi connectivity index (χ3v) is 3.70. The molecule has 5 heteroatoms. The molecule has 21 heavy (non-hydrogen) atoms. The van der Waals surface area contributed by atoms with Gasteiger partial charge in [0.2, 0.25) is 0 Å². The predicted molar refractivity (Wildman–Crippen MR) is 79.4 cm³/mol. The van der Waals surface area contributed by atoms with E-state index in [1.54, 1.807) is 12.1 Å². The van der Waals surface area contributed by atoms with Crippen molar-refractivity contribution in [3.05, 3.63) is 40.2 Å². The van der Waals surface area contributed by atoms with Crippen molar-refractivity contribution < 1.29 is 14.3 Å². The fourth-order valence-electron chi connectivity index (χ4n) is 3.00. The highest BCUT2D eigenvalue weighted by atomic mass is 16.5. The summed E-state index contributed by atoms with van der Waals surface area (Å²) in [5, 5.41) is 10.4. The maximum absolute atomic E-state index is 11.7. The van der Waals surface area contributed by atoms with Crippen LogP contribution in [0.3, 0.4) is 0 Å². The van der Waals surface area contributed by atoms with Crippen LogP contribution in [0.25, 0.3) is 11.0 Å². The lowest BCUT2D eigenvalue weighted by Gasteiger charge is -2.35. The molecule has 0 amide bonds. The number of hydrogen-bond donors (Lipinski definition) is 1. The molecule has 0 aliphatic carbocycles. The second-order valence-electron chi connectivity index (χ2n) is 5.72. The summed E-state index contributed by atoms with van der Waals surface area (Å²) in [5.41, 5.74) is 1.01. The first kappa shape index (κ1) is 14.1.